The first kappa shape index (κ1) is 12.4. The highest BCUT2D eigenvalue weighted by molar-refractivity contribution is 6.21. The van der Waals surface area contributed by atoms with E-state index < -0.39 is 5.60 Å². The van der Waals surface area contributed by atoms with Gasteiger partial charge in [0.2, 0.25) is 0 Å². The van der Waals surface area contributed by atoms with E-state index in [1.54, 1.807) is 0 Å². The van der Waals surface area contributed by atoms with Gasteiger partial charge in [0, 0.05) is 0 Å². The first-order valence-electron chi connectivity index (χ1n) is 5.19. The summed E-state index contributed by atoms with van der Waals surface area (Å²) in [6.45, 7) is 5.54. The normalized spacial score (nSPS) is 26.1. The molecule has 1 amide bonds. The van der Waals surface area contributed by atoms with Crippen molar-refractivity contribution < 1.29 is 9.53 Å². The van der Waals surface area contributed by atoms with Crippen molar-refractivity contribution in [3.05, 3.63) is 12.2 Å². The second-order valence-electron chi connectivity index (χ2n) is 4.73. The second kappa shape index (κ2) is 4.88. The van der Waals surface area contributed by atoms with Crippen LogP contribution in [0.4, 0.5) is 4.79 Å². The van der Waals surface area contributed by atoms with E-state index in [0.717, 1.165) is 12.8 Å². The first-order valence-corrected chi connectivity index (χ1v) is 5.62. The number of rotatable bonds is 1. The first-order chi connectivity index (χ1) is 6.87. The molecule has 86 valence electrons. The maximum Gasteiger partial charge on any atom is 0.408 e. The quantitative estimate of drug-likeness (QED) is 0.557. The summed E-state index contributed by atoms with van der Waals surface area (Å²) < 4.78 is 5.15. The predicted octanol–water partition coefficient (Wildman–Crippen LogP) is 2.84. The highest BCUT2D eigenvalue weighted by atomic mass is 35.5. The number of alkyl carbamates (subject to hydrolysis) is 1. The largest absolute Gasteiger partial charge is 0.444 e. The van der Waals surface area contributed by atoms with Crippen molar-refractivity contribution in [1.29, 1.82) is 0 Å². The molecule has 0 radical (unpaired) electrons. The second-order valence-corrected chi connectivity index (χ2v) is 5.29. The molecule has 2 atom stereocenters. The maximum atomic E-state index is 11.4. The van der Waals surface area contributed by atoms with Crippen LogP contribution in [0, 0.1) is 0 Å². The summed E-state index contributed by atoms with van der Waals surface area (Å²) in [4.78, 5) is 11.4. The minimum absolute atomic E-state index is 0.0508. The minimum atomic E-state index is -0.447. The Morgan fingerprint density at radius 3 is 2.53 bits per heavy atom. The summed E-state index contributed by atoms with van der Waals surface area (Å²) >= 11 is 5.89. The lowest BCUT2D eigenvalue weighted by Gasteiger charge is -2.24. The van der Waals surface area contributed by atoms with Crippen LogP contribution in [0.2, 0.25) is 0 Å². The van der Waals surface area contributed by atoms with Crippen molar-refractivity contribution in [2.45, 2.75) is 50.6 Å². The third-order valence-corrected chi connectivity index (χ3v) is 2.37. The zero-order valence-electron chi connectivity index (χ0n) is 9.42. The molecule has 1 N–H and O–H groups in total. The molecule has 0 saturated carbocycles. The van der Waals surface area contributed by atoms with E-state index >= 15 is 0 Å². The van der Waals surface area contributed by atoms with Crippen LogP contribution in [0.5, 0.6) is 0 Å². The Morgan fingerprint density at radius 2 is 2.07 bits per heavy atom. The van der Waals surface area contributed by atoms with Crippen molar-refractivity contribution in [3.8, 4) is 0 Å². The van der Waals surface area contributed by atoms with Gasteiger partial charge in [0.25, 0.3) is 0 Å². The Hall–Kier alpha value is -0.700. The molecule has 0 fully saturated rings. The molecule has 0 spiro atoms. The lowest BCUT2D eigenvalue weighted by molar-refractivity contribution is 0.0511. The average molecular weight is 232 g/mol. The van der Waals surface area contributed by atoms with Crippen molar-refractivity contribution in [1.82, 2.24) is 5.32 Å². The van der Waals surface area contributed by atoms with Gasteiger partial charge in [-0.25, -0.2) is 4.79 Å². The molecule has 4 heteroatoms. The van der Waals surface area contributed by atoms with Gasteiger partial charge in [-0.05, 0) is 33.6 Å². The Bertz CT molecular complexity index is 258. The minimum Gasteiger partial charge on any atom is -0.444 e. The molecule has 1 rings (SSSR count). The fourth-order valence-corrected chi connectivity index (χ4v) is 1.58. The number of carbonyl (C=O) groups excluding carboxylic acids is 1. The summed E-state index contributed by atoms with van der Waals surface area (Å²) in [5, 5.41) is 2.89. The van der Waals surface area contributed by atoms with E-state index in [1.165, 1.54) is 0 Å². The summed E-state index contributed by atoms with van der Waals surface area (Å²) in [6.07, 6.45) is 5.21. The Kier molecular flexibility index (Phi) is 4.03. The topological polar surface area (TPSA) is 38.3 Å². The molecule has 0 bridgehead atoms. The van der Waals surface area contributed by atoms with Crippen LogP contribution in [0.3, 0.4) is 0 Å². The van der Waals surface area contributed by atoms with Crippen LogP contribution in [0.25, 0.3) is 0 Å². The molecule has 3 nitrogen and oxygen atoms in total. The lowest BCUT2D eigenvalue weighted by Crippen LogP contribution is -2.39. The smallest absolute Gasteiger partial charge is 0.408 e. The fourth-order valence-electron chi connectivity index (χ4n) is 1.37. The zero-order chi connectivity index (χ0) is 11.5. The van der Waals surface area contributed by atoms with Crippen LogP contribution in [-0.4, -0.2) is 23.1 Å². The van der Waals surface area contributed by atoms with Gasteiger partial charge in [-0.3, -0.25) is 0 Å². The van der Waals surface area contributed by atoms with Gasteiger partial charge >= 0.3 is 6.09 Å². The molecule has 0 aromatic heterocycles. The standard InChI is InChI=1S/C11H18ClNO2/c1-11(2,3)15-10(14)13-9-6-4-8(12)5-7-9/h4,6,8-9H,5,7H2,1-3H3,(H,13,14)/t8-,9+/m1/s1. The van der Waals surface area contributed by atoms with Crippen LogP contribution >= 0.6 is 11.6 Å². The number of ether oxygens (including phenoxy) is 1. The molecule has 0 saturated heterocycles. The maximum absolute atomic E-state index is 11.4. The highest BCUT2D eigenvalue weighted by Gasteiger charge is 2.20. The van der Waals surface area contributed by atoms with Gasteiger partial charge < -0.3 is 10.1 Å². The zero-order valence-corrected chi connectivity index (χ0v) is 10.2. The van der Waals surface area contributed by atoms with Crippen LogP contribution in [0.15, 0.2) is 12.2 Å². The van der Waals surface area contributed by atoms with E-state index in [-0.39, 0.29) is 17.5 Å². The monoisotopic (exact) mass is 231 g/mol. The molecule has 0 heterocycles. The molecule has 0 aromatic carbocycles. The van der Waals surface area contributed by atoms with Gasteiger partial charge in [0.05, 0.1) is 11.4 Å². The van der Waals surface area contributed by atoms with Crippen molar-refractivity contribution in [2.75, 3.05) is 0 Å². The number of nitrogens with one attached hydrogen (secondary N) is 1. The van der Waals surface area contributed by atoms with E-state index in [9.17, 15) is 4.79 Å². The molecule has 1 aliphatic carbocycles. The van der Waals surface area contributed by atoms with Gasteiger partial charge in [-0.1, -0.05) is 12.2 Å². The van der Waals surface area contributed by atoms with E-state index in [1.807, 2.05) is 32.9 Å². The lowest BCUT2D eigenvalue weighted by atomic mass is 10.0. The molecule has 1 aliphatic rings. The number of hydrogen-bond acceptors (Lipinski definition) is 2. The predicted molar refractivity (Wildman–Crippen MR) is 61.2 cm³/mol. The van der Waals surface area contributed by atoms with Crippen molar-refractivity contribution in [3.63, 3.8) is 0 Å². The Labute approximate surface area is 95.8 Å². The summed E-state index contributed by atoms with van der Waals surface area (Å²) in [5.74, 6) is 0. The number of carbonyl (C=O) groups is 1. The van der Waals surface area contributed by atoms with E-state index in [0.29, 0.717) is 0 Å². The fraction of sp³-hybridized carbons (Fsp3) is 0.727. The van der Waals surface area contributed by atoms with Gasteiger partial charge in [0.1, 0.15) is 5.60 Å². The molecular formula is C11H18ClNO2. The van der Waals surface area contributed by atoms with Crippen LogP contribution in [-0.2, 0) is 4.74 Å². The molecular weight excluding hydrogens is 214 g/mol. The van der Waals surface area contributed by atoms with Crippen LogP contribution in [0.1, 0.15) is 33.6 Å². The highest BCUT2D eigenvalue weighted by Crippen LogP contribution is 2.16. The van der Waals surface area contributed by atoms with E-state index in [2.05, 4.69) is 5.32 Å². The van der Waals surface area contributed by atoms with Gasteiger partial charge in [-0.2, -0.15) is 0 Å². The summed E-state index contributed by atoms with van der Waals surface area (Å²) in [5.41, 5.74) is -0.447. The van der Waals surface area contributed by atoms with Crippen LogP contribution < -0.4 is 5.32 Å². The number of amides is 1. The van der Waals surface area contributed by atoms with Gasteiger partial charge in [0.15, 0.2) is 0 Å². The number of allylic oxidation sites excluding steroid dienone is 1. The molecule has 0 unspecified atom stereocenters. The van der Waals surface area contributed by atoms with Gasteiger partial charge in [-0.15, -0.1) is 11.6 Å². The average Bonchev–Trinajstić information content (AvgIpc) is 2.05. The molecule has 0 aromatic rings. The Morgan fingerprint density at radius 1 is 1.40 bits per heavy atom. The third kappa shape index (κ3) is 5.07. The Balaban J connectivity index is 2.36. The van der Waals surface area contributed by atoms with Crippen molar-refractivity contribution >= 4 is 17.7 Å². The number of halogens is 1. The summed E-state index contributed by atoms with van der Waals surface area (Å²) in [7, 11) is 0. The third-order valence-electron chi connectivity index (χ3n) is 2.01. The molecule has 0 aliphatic heterocycles. The SMILES string of the molecule is CC(C)(C)OC(=O)N[C@H]1C=C[C@@H](Cl)CC1. The molecule has 15 heavy (non-hydrogen) atoms. The van der Waals surface area contributed by atoms with E-state index in [4.69, 9.17) is 16.3 Å². The van der Waals surface area contributed by atoms with Crippen molar-refractivity contribution in [2.24, 2.45) is 0 Å². The summed E-state index contributed by atoms with van der Waals surface area (Å²) in [6, 6.07) is 0.0508. The number of alkyl halides is 1. The number of hydrogen-bond donors (Lipinski definition) is 1.